The van der Waals surface area contributed by atoms with Gasteiger partial charge in [-0.1, -0.05) is 11.6 Å². The molecule has 1 aromatic heterocycles. The highest BCUT2D eigenvalue weighted by molar-refractivity contribution is 6.30. The number of nitrogens with zero attached hydrogens (tertiary/aromatic N) is 2. The monoisotopic (exact) mass is 267 g/mol. The van der Waals surface area contributed by atoms with E-state index < -0.39 is 0 Å². The smallest absolute Gasteiger partial charge is 0.132 e. The zero-order valence-electron chi connectivity index (χ0n) is 10.4. The normalized spacial score (nSPS) is 10.9. The van der Waals surface area contributed by atoms with E-state index in [1.807, 2.05) is 18.7 Å². The Bertz CT molecular complexity index is 551. The Morgan fingerprint density at radius 2 is 2.22 bits per heavy atom. The largest absolute Gasteiger partial charge is 0.331 e. The molecule has 0 fully saturated rings. The summed E-state index contributed by atoms with van der Waals surface area (Å²) < 4.78 is 15.7. The zero-order chi connectivity index (χ0) is 13.1. The van der Waals surface area contributed by atoms with Crippen molar-refractivity contribution in [3.05, 3.63) is 41.1 Å². The molecule has 3 nitrogen and oxygen atoms in total. The van der Waals surface area contributed by atoms with Crippen LogP contribution in [0, 0.1) is 5.82 Å². The van der Waals surface area contributed by atoms with E-state index in [1.165, 1.54) is 6.07 Å². The van der Waals surface area contributed by atoms with Gasteiger partial charge in [-0.05, 0) is 25.2 Å². The van der Waals surface area contributed by atoms with Gasteiger partial charge in [0.05, 0.1) is 11.9 Å². The van der Waals surface area contributed by atoms with E-state index in [4.69, 9.17) is 11.6 Å². The van der Waals surface area contributed by atoms with Crippen LogP contribution < -0.4 is 5.32 Å². The fourth-order valence-corrected chi connectivity index (χ4v) is 2.03. The van der Waals surface area contributed by atoms with Gasteiger partial charge in [0.15, 0.2) is 0 Å². The van der Waals surface area contributed by atoms with Crippen molar-refractivity contribution in [2.24, 2.45) is 7.05 Å². The van der Waals surface area contributed by atoms with Crippen molar-refractivity contribution in [2.75, 3.05) is 13.6 Å². The number of imidazole rings is 1. The molecule has 2 rings (SSSR count). The predicted molar refractivity (Wildman–Crippen MR) is 71.2 cm³/mol. The van der Waals surface area contributed by atoms with Crippen LogP contribution in [0.5, 0.6) is 0 Å². The number of rotatable bonds is 4. The van der Waals surface area contributed by atoms with Crippen LogP contribution >= 0.6 is 11.6 Å². The van der Waals surface area contributed by atoms with Crippen molar-refractivity contribution in [2.45, 2.75) is 6.42 Å². The van der Waals surface area contributed by atoms with Crippen molar-refractivity contribution in [3.63, 3.8) is 0 Å². The van der Waals surface area contributed by atoms with E-state index in [2.05, 4.69) is 10.3 Å². The fourth-order valence-electron chi connectivity index (χ4n) is 1.86. The molecule has 1 N–H and O–H groups in total. The van der Waals surface area contributed by atoms with Gasteiger partial charge in [-0.3, -0.25) is 0 Å². The lowest BCUT2D eigenvalue weighted by Gasteiger charge is -2.07. The van der Waals surface area contributed by atoms with E-state index in [9.17, 15) is 4.39 Å². The third kappa shape index (κ3) is 2.54. The van der Waals surface area contributed by atoms with Gasteiger partial charge in [0, 0.05) is 30.6 Å². The molecule has 0 radical (unpaired) electrons. The van der Waals surface area contributed by atoms with Gasteiger partial charge in [-0.25, -0.2) is 9.37 Å². The van der Waals surface area contributed by atoms with Gasteiger partial charge in [-0.2, -0.15) is 0 Å². The average molecular weight is 268 g/mol. The minimum absolute atomic E-state index is 0.289. The molecule has 0 aliphatic carbocycles. The molecule has 5 heteroatoms. The number of nitrogens with one attached hydrogen (secondary N) is 1. The van der Waals surface area contributed by atoms with E-state index in [-0.39, 0.29) is 5.82 Å². The first kappa shape index (κ1) is 13.1. The molecule has 0 unspecified atom stereocenters. The molecular formula is C13H15ClFN3. The maximum Gasteiger partial charge on any atom is 0.132 e. The molecule has 1 heterocycles. The van der Waals surface area contributed by atoms with Crippen LogP contribution in [0.15, 0.2) is 24.4 Å². The standard InChI is InChI=1S/C13H15ClFN3/c1-16-6-5-13-17-8-12(18(13)2)10-7-9(14)3-4-11(10)15/h3-4,7-8,16H,5-6H2,1-2H3. The highest BCUT2D eigenvalue weighted by Crippen LogP contribution is 2.26. The van der Waals surface area contributed by atoms with Crippen molar-refractivity contribution in [1.82, 2.24) is 14.9 Å². The molecule has 0 spiro atoms. The maximum absolute atomic E-state index is 13.8. The highest BCUT2D eigenvalue weighted by atomic mass is 35.5. The molecule has 0 bridgehead atoms. The Morgan fingerprint density at radius 1 is 1.44 bits per heavy atom. The van der Waals surface area contributed by atoms with Gasteiger partial charge >= 0.3 is 0 Å². The maximum atomic E-state index is 13.8. The number of hydrogen-bond donors (Lipinski definition) is 1. The summed E-state index contributed by atoms with van der Waals surface area (Å²) in [5, 5.41) is 3.58. The topological polar surface area (TPSA) is 29.9 Å². The minimum Gasteiger partial charge on any atom is -0.331 e. The van der Waals surface area contributed by atoms with Crippen LogP contribution in [0.4, 0.5) is 4.39 Å². The quantitative estimate of drug-likeness (QED) is 0.923. The first-order valence-corrected chi connectivity index (χ1v) is 6.12. The SMILES string of the molecule is CNCCc1ncc(-c2cc(Cl)ccc2F)n1C. The average Bonchev–Trinajstić information content (AvgIpc) is 2.71. The van der Waals surface area contributed by atoms with Crippen LogP contribution in [-0.4, -0.2) is 23.1 Å². The summed E-state index contributed by atoms with van der Waals surface area (Å²) >= 11 is 5.90. The third-order valence-electron chi connectivity index (χ3n) is 2.89. The molecule has 0 amide bonds. The first-order valence-electron chi connectivity index (χ1n) is 5.74. The Kier molecular flexibility index (Phi) is 3.99. The van der Waals surface area contributed by atoms with Crippen molar-refractivity contribution in [1.29, 1.82) is 0 Å². The van der Waals surface area contributed by atoms with Gasteiger partial charge in [0.1, 0.15) is 11.6 Å². The Hall–Kier alpha value is -1.39. The molecule has 1 aromatic carbocycles. The number of benzene rings is 1. The van der Waals surface area contributed by atoms with Crippen LogP contribution in [0.3, 0.4) is 0 Å². The zero-order valence-corrected chi connectivity index (χ0v) is 11.1. The predicted octanol–water partition coefficient (Wildman–Crippen LogP) is 2.64. The molecule has 2 aromatic rings. The van der Waals surface area contributed by atoms with Crippen LogP contribution in [0.25, 0.3) is 11.3 Å². The second kappa shape index (κ2) is 5.50. The van der Waals surface area contributed by atoms with Crippen LogP contribution in [-0.2, 0) is 13.5 Å². The number of likely N-dealkylation sites (N-methyl/N-ethyl adjacent to an activating group) is 1. The van der Waals surface area contributed by atoms with Crippen LogP contribution in [0.2, 0.25) is 5.02 Å². The third-order valence-corrected chi connectivity index (χ3v) is 3.12. The van der Waals surface area contributed by atoms with E-state index in [1.54, 1.807) is 18.3 Å². The molecule has 0 aliphatic heterocycles. The summed E-state index contributed by atoms with van der Waals surface area (Å²) in [4.78, 5) is 4.31. The second-order valence-electron chi connectivity index (χ2n) is 4.10. The molecule has 0 aliphatic rings. The molecule has 0 saturated heterocycles. The molecule has 0 atom stereocenters. The van der Waals surface area contributed by atoms with Gasteiger partial charge in [-0.15, -0.1) is 0 Å². The molecule has 18 heavy (non-hydrogen) atoms. The van der Waals surface area contributed by atoms with Gasteiger partial charge in [0.25, 0.3) is 0 Å². The second-order valence-corrected chi connectivity index (χ2v) is 4.53. The summed E-state index contributed by atoms with van der Waals surface area (Å²) in [6.07, 6.45) is 2.48. The van der Waals surface area contributed by atoms with Crippen molar-refractivity contribution in [3.8, 4) is 11.3 Å². The van der Waals surface area contributed by atoms with E-state index in [0.717, 1.165) is 24.5 Å². The summed E-state index contributed by atoms with van der Waals surface area (Å²) in [5.74, 6) is 0.626. The lowest BCUT2D eigenvalue weighted by Crippen LogP contribution is -2.13. The minimum atomic E-state index is -0.289. The van der Waals surface area contributed by atoms with Crippen molar-refractivity contribution < 1.29 is 4.39 Å². The number of hydrogen-bond acceptors (Lipinski definition) is 2. The van der Waals surface area contributed by atoms with Gasteiger partial charge in [0.2, 0.25) is 0 Å². The fraction of sp³-hybridized carbons (Fsp3) is 0.308. The molecular weight excluding hydrogens is 253 g/mol. The van der Waals surface area contributed by atoms with Gasteiger partial charge < -0.3 is 9.88 Å². The Morgan fingerprint density at radius 3 is 2.94 bits per heavy atom. The summed E-state index contributed by atoms with van der Waals surface area (Å²) in [6.45, 7) is 0.836. The lowest BCUT2D eigenvalue weighted by molar-refractivity contribution is 0.629. The summed E-state index contributed by atoms with van der Waals surface area (Å²) in [6, 6.07) is 4.53. The highest BCUT2D eigenvalue weighted by Gasteiger charge is 2.12. The Balaban J connectivity index is 2.39. The molecule has 0 saturated carbocycles. The number of aromatic nitrogens is 2. The first-order chi connectivity index (χ1) is 8.63. The summed E-state index contributed by atoms with van der Waals surface area (Å²) in [5.41, 5.74) is 1.22. The van der Waals surface area contributed by atoms with E-state index >= 15 is 0 Å². The lowest BCUT2D eigenvalue weighted by atomic mass is 10.1. The van der Waals surface area contributed by atoms with Crippen LogP contribution in [0.1, 0.15) is 5.82 Å². The molecule has 96 valence electrons. The Labute approximate surface area is 111 Å². The van der Waals surface area contributed by atoms with Crippen molar-refractivity contribution >= 4 is 11.6 Å². The summed E-state index contributed by atoms with van der Waals surface area (Å²) in [7, 11) is 3.77. The van der Waals surface area contributed by atoms with E-state index in [0.29, 0.717) is 10.6 Å². The number of halogens is 2.